The van der Waals surface area contributed by atoms with Gasteiger partial charge in [-0.05, 0) is 35.9 Å². The highest BCUT2D eigenvalue weighted by atomic mass is 35.5. The molecule has 0 fully saturated rings. The van der Waals surface area contributed by atoms with Crippen molar-refractivity contribution >= 4 is 23.3 Å². The highest BCUT2D eigenvalue weighted by Crippen LogP contribution is 2.25. The van der Waals surface area contributed by atoms with Gasteiger partial charge in [0.15, 0.2) is 6.04 Å². The summed E-state index contributed by atoms with van der Waals surface area (Å²) in [5, 5.41) is 13.1. The Bertz CT molecular complexity index is 616. The second-order valence-corrected chi connectivity index (χ2v) is 4.64. The van der Waals surface area contributed by atoms with Crippen LogP contribution < -0.4 is 5.32 Å². The molecule has 0 amide bonds. The number of ether oxygens (including phenoxy) is 1. The SMILES string of the molecule is COC(=O)C(Nc1cccc(Cl)c1)c1cccc(O)c1. The van der Waals surface area contributed by atoms with Crippen LogP contribution in [0.5, 0.6) is 5.75 Å². The van der Waals surface area contributed by atoms with Gasteiger partial charge in [0.25, 0.3) is 0 Å². The Kier molecular flexibility index (Phi) is 4.48. The van der Waals surface area contributed by atoms with Gasteiger partial charge in [-0.15, -0.1) is 0 Å². The second-order valence-electron chi connectivity index (χ2n) is 4.21. The van der Waals surface area contributed by atoms with E-state index in [-0.39, 0.29) is 5.75 Å². The van der Waals surface area contributed by atoms with E-state index in [1.807, 2.05) is 0 Å². The fraction of sp³-hybridized carbons (Fsp3) is 0.133. The molecule has 0 saturated carbocycles. The van der Waals surface area contributed by atoms with Crippen molar-refractivity contribution in [1.82, 2.24) is 0 Å². The predicted octanol–water partition coefficient (Wildman–Crippen LogP) is 3.37. The number of phenols is 1. The molecular formula is C15H14ClNO3. The third-order valence-electron chi connectivity index (χ3n) is 2.78. The summed E-state index contributed by atoms with van der Waals surface area (Å²) in [4.78, 5) is 11.9. The first-order valence-corrected chi connectivity index (χ1v) is 6.37. The van der Waals surface area contributed by atoms with Crippen LogP contribution in [0.25, 0.3) is 0 Å². The van der Waals surface area contributed by atoms with Crippen molar-refractivity contribution in [2.45, 2.75) is 6.04 Å². The number of aromatic hydroxyl groups is 1. The van der Waals surface area contributed by atoms with Gasteiger partial charge in [-0.2, -0.15) is 0 Å². The van der Waals surface area contributed by atoms with E-state index in [1.165, 1.54) is 19.2 Å². The zero-order valence-electron chi connectivity index (χ0n) is 10.8. The standard InChI is InChI=1S/C15H14ClNO3/c1-20-15(19)14(10-4-2-7-13(18)8-10)17-12-6-3-5-11(16)9-12/h2-9,14,17-18H,1H3. The lowest BCUT2D eigenvalue weighted by Crippen LogP contribution is -2.22. The van der Waals surface area contributed by atoms with Gasteiger partial charge in [0.1, 0.15) is 5.75 Å². The van der Waals surface area contributed by atoms with Gasteiger partial charge in [0.2, 0.25) is 0 Å². The normalized spacial score (nSPS) is 11.7. The van der Waals surface area contributed by atoms with Gasteiger partial charge in [-0.3, -0.25) is 0 Å². The van der Waals surface area contributed by atoms with Crippen molar-refractivity contribution in [3.05, 3.63) is 59.1 Å². The molecule has 1 atom stereocenters. The Balaban J connectivity index is 2.31. The van der Waals surface area contributed by atoms with Gasteiger partial charge < -0.3 is 15.2 Å². The van der Waals surface area contributed by atoms with E-state index < -0.39 is 12.0 Å². The minimum atomic E-state index is -0.717. The monoisotopic (exact) mass is 291 g/mol. The van der Waals surface area contributed by atoms with Crippen molar-refractivity contribution in [2.75, 3.05) is 12.4 Å². The van der Waals surface area contributed by atoms with Gasteiger partial charge in [0, 0.05) is 10.7 Å². The van der Waals surface area contributed by atoms with Gasteiger partial charge >= 0.3 is 5.97 Å². The topological polar surface area (TPSA) is 58.6 Å². The Morgan fingerprint density at radius 3 is 2.65 bits per heavy atom. The van der Waals surface area contributed by atoms with Crippen LogP contribution in [0.15, 0.2) is 48.5 Å². The number of rotatable bonds is 4. The molecule has 0 aliphatic heterocycles. The van der Waals surface area contributed by atoms with E-state index in [0.29, 0.717) is 16.3 Å². The first kappa shape index (κ1) is 14.2. The van der Waals surface area contributed by atoms with Crippen molar-refractivity contribution in [1.29, 1.82) is 0 Å². The maximum Gasteiger partial charge on any atom is 0.332 e. The summed E-state index contributed by atoms with van der Waals surface area (Å²) < 4.78 is 4.79. The van der Waals surface area contributed by atoms with Gasteiger partial charge in [-0.1, -0.05) is 29.8 Å². The third kappa shape index (κ3) is 3.42. The molecule has 0 aliphatic carbocycles. The molecule has 0 aliphatic rings. The number of phenolic OH excluding ortho intramolecular Hbond substituents is 1. The van der Waals surface area contributed by atoms with E-state index in [4.69, 9.17) is 16.3 Å². The highest BCUT2D eigenvalue weighted by molar-refractivity contribution is 6.30. The summed E-state index contributed by atoms with van der Waals surface area (Å²) in [6.45, 7) is 0. The fourth-order valence-corrected chi connectivity index (χ4v) is 2.04. The number of esters is 1. The number of benzene rings is 2. The molecule has 0 saturated heterocycles. The smallest absolute Gasteiger partial charge is 0.332 e. The summed E-state index contributed by atoms with van der Waals surface area (Å²) in [5.74, 6) is -0.361. The van der Waals surface area contributed by atoms with Crippen molar-refractivity contribution in [2.24, 2.45) is 0 Å². The van der Waals surface area contributed by atoms with Gasteiger partial charge in [-0.25, -0.2) is 4.79 Å². The van der Waals surface area contributed by atoms with E-state index in [2.05, 4.69) is 5.32 Å². The van der Waals surface area contributed by atoms with E-state index in [9.17, 15) is 9.90 Å². The molecule has 0 heterocycles. The maximum atomic E-state index is 11.9. The lowest BCUT2D eigenvalue weighted by molar-refractivity contribution is -0.141. The molecule has 2 N–H and O–H groups in total. The maximum absolute atomic E-state index is 11.9. The largest absolute Gasteiger partial charge is 0.508 e. The van der Waals surface area contributed by atoms with Crippen molar-refractivity contribution in [3.63, 3.8) is 0 Å². The minimum Gasteiger partial charge on any atom is -0.508 e. The zero-order chi connectivity index (χ0) is 14.5. The van der Waals surface area contributed by atoms with Crippen LogP contribution >= 0.6 is 11.6 Å². The number of halogens is 1. The number of anilines is 1. The number of methoxy groups -OCH3 is 1. The molecule has 0 bridgehead atoms. The van der Waals surface area contributed by atoms with Crippen LogP contribution in [0.2, 0.25) is 5.02 Å². The molecule has 4 nitrogen and oxygen atoms in total. The van der Waals surface area contributed by atoms with Crippen molar-refractivity contribution < 1.29 is 14.6 Å². The summed E-state index contributed by atoms with van der Waals surface area (Å²) in [6, 6.07) is 12.8. The fourth-order valence-electron chi connectivity index (χ4n) is 1.85. The minimum absolute atomic E-state index is 0.0873. The number of carbonyl (C=O) groups is 1. The second kappa shape index (κ2) is 6.30. The molecule has 1 unspecified atom stereocenters. The van der Waals surface area contributed by atoms with E-state index in [1.54, 1.807) is 36.4 Å². The Labute approximate surface area is 122 Å². The van der Waals surface area contributed by atoms with Crippen molar-refractivity contribution in [3.8, 4) is 5.75 Å². The Morgan fingerprint density at radius 1 is 1.25 bits per heavy atom. The Morgan fingerprint density at radius 2 is 2.00 bits per heavy atom. The first-order valence-electron chi connectivity index (χ1n) is 5.99. The van der Waals surface area contributed by atoms with Crippen LogP contribution in [0.3, 0.4) is 0 Å². The number of carbonyl (C=O) groups excluding carboxylic acids is 1. The molecule has 2 rings (SSSR count). The predicted molar refractivity (Wildman–Crippen MR) is 77.9 cm³/mol. The van der Waals surface area contributed by atoms with E-state index >= 15 is 0 Å². The average Bonchev–Trinajstić information content (AvgIpc) is 2.44. The van der Waals surface area contributed by atoms with E-state index in [0.717, 1.165) is 0 Å². The number of hydrogen-bond donors (Lipinski definition) is 2. The molecular weight excluding hydrogens is 278 g/mol. The lowest BCUT2D eigenvalue weighted by atomic mass is 10.1. The van der Waals surface area contributed by atoms with Crippen LogP contribution in [-0.2, 0) is 9.53 Å². The van der Waals surface area contributed by atoms with Crippen LogP contribution in [0.1, 0.15) is 11.6 Å². The van der Waals surface area contributed by atoms with Crippen LogP contribution in [0.4, 0.5) is 5.69 Å². The summed E-state index contributed by atoms with van der Waals surface area (Å²) in [6.07, 6.45) is 0. The zero-order valence-corrected chi connectivity index (χ0v) is 11.6. The number of hydrogen-bond acceptors (Lipinski definition) is 4. The highest BCUT2D eigenvalue weighted by Gasteiger charge is 2.21. The molecule has 0 radical (unpaired) electrons. The third-order valence-corrected chi connectivity index (χ3v) is 3.01. The first-order chi connectivity index (χ1) is 9.60. The molecule has 0 aromatic heterocycles. The quantitative estimate of drug-likeness (QED) is 0.848. The summed E-state index contributed by atoms with van der Waals surface area (Å²) in [5.41, 5.74) is 1.30. The molecule has 0 spiro atoms. The molecule has 20 heavy (non-hydrogen) atoms. The lowest BCUT2D eigenvalue weighted by Gasteiger charge is -2.18. The van der Waals surface area contributed by atoms with Crippen LogP contribution in [-0.4, -0.2) is 18.2 Å². The molecule has 5 heteroatoms. The van der Waals surface area contributed by atoms with Gasteiger partial charge in [0.05, 0.1) is 7.11 Å². The molecule has 2 aromatic carbocycles. The average molecular weight is 292 g/mol. The Hall–Kier alpha value is -2.20. The summed E-state index contributed by atoms with van der Waals surface area (Å²) >= 11 is 5.92. The molecule has 2 aromatic rings. The number of nitrogens with one attached hydrogen (secondary N) is 1. The van der Waals surface area contributed by atoms with Crippen LogP contribution in [0, 0.1) is 0 Å². The molecule has 104 valence electrons. The summed E-state index contributed by atoms with van der Waals surface area (Å²) in [7, 11) is 1.32.